The molecule has 1 N–H and O–H groups in total. The number of aliphatic hydroxyl groups excluding tert-OH is 1. The van der Waals surface area contributed by atoms with Gasteiger partial charge in [0.25, 0.3) is 0 Å². The molecular weight excluding hydrogens is 250 g/mol. The van der Waals surface area contributed by atoms with Crippen LogP contribution in [0.15, 0.2) is 24.3 Å². The van der Waals surface area contributed by atoms with Gasteiger partial charge in [-0.2, -0.15) is 0 Å². The highest BCUT2D eigenvalue weighted by atomic mass is 16.2. The van der Waals surface area contributed by atoms with E-state index in [1.54, 1.807) is 4.90 Å². The number of rotatable bonds is 3. The first-order valence-corrected chi connectivity index (χ1v) is 6.88. The smallest absolute Gasteiger partial charge is 0.226 e. The molecule has 0 saturated heterocycles. The average Bonchev–Trinajstić information content (AvgIpc) is 3.05. The first-order valence-electron chi connectivity index (χ1n) is 6.88. The van der Waals surface area contributed by atoms with Gasteiger partial charge in [-0.05, 0) is 23.5 Å². The molecule has 1 aliphatic carbocycles. The van der Waals surface area contributed by atoms with Gasteiger partial charge < -0.3 is 10.0 Å². The summed E-state index contributed by atoms with van der Waals surface area (Å²) in [4.78, 5) is 14.1. The molecule has 1 aliphatic rings. The third-order valence-corrected chi connectivity index (χ3v) is 3.91. The summed E-state index contributed by atoms with van der Waals surface area (Å²) < 4.78 is 0. The molecule has 1 aromatic rings. The van der Waals surface area contributed by atoms with Gasteiger partial charge in [0.15, 0.2) is 0 Å². The van der Waals surface area contributed by atoms with E-state index in [1.807, 2.05) is 31.3 Å². The molecule has 1 saturated carbocycles. The van der Waals surface area contributed by atoms with Crippen molar-refractivity contribution in [2.45, 2.75) is 26.8 Å². The fourth-order valence-corrected chi connectivity index (χ4v) is 2.40. The largest absolute Gasteiger partial charge is 0.384 e. The van der Waals surface area contributed by atoms with Gasteiger partial charge >= 0.3 is 0 Å². The van der Waals surface area contributed by atoms with Crippen molar-refractivity contribution in [1.29, 1.82) is 0 Å². The molecule has 3 nitrogen and oxygen atoms in total. The third kappa shape index (κ3) is 3.20. The zero-order chi connectivity index (χ0) is 14.8. The summed E-state index contributed by atoms with van der Waals surface area (Å²) in [5, 5.41) is 8.79. The number of amides is 1. The van der Waals surface area contributed by atoms with Crippen LogP contribution >= 0.6 is 0 Å². The minimum atomic E-state index is -0.153. The van der Waals surface area contributed by atoms with Crippen LogP contribution in [0.2, 0.25) is 0 Å². The van der Waals surface area contributed by atoms with Crippen LogP contribution < -0.4 is 0 Å². The van der Waals surface area contributed by atoms with Crippen LogP contribution in [0.5, 0.6) is 0 Å². The highest BCUT2D eigenvalue weighted by Crippen LogP contribution is 2.52. The lowest BCUT2D eigenvalue weighted by Gasteiger charge is -2.19. The topological polar surface area (TPSA) is 40.5 Å². The molecule has 0 radical (unpaired) electrons. The van der Waals surface area contributed by atoms with Gasteiger partial charge in [-0.15, -0.1) is 0 Å². The van der Waals surface area contributed by atoms with E-state index < -0.39 is 0 Å². The van der Waals surface area contributed by atoms with Crippen LogP contribution in [0.25, 0.3) is 0 Å². The second-order valence-electron chi connectivity index (χ2n) is 6.06. The van der Waals surface area contributed by atoms with Crippen molar-refractivity contribution >= 4 is 5.91 Å². The summed E-state index contributed by atoms with van der Waals surface area (Å²) in [7, 11) is 1.84. The number of benzene rings is 1. The van der Waals surface area contributed by atoms with Gasteiger partial charge in [0.05, 0.1) is 0 Å². The Bertz CT molecular complexity index is 566. The minimum Gasteiger partial charge on any atom is -0.384 e. The Labute approximate surface area is 120 Å². The molecular formula is C17H21NO2. The molecule has 1 aromatic carbocycles. The van der Waals surface area contributed by atoms with Crippen LogP contribution in [0.4, 0.5) is 0 Å². The fourth-order valence-electron chi connectivity index (χ4n) is 2.40. The molecule has 1 unspecified atom stereocenters. The number of aliphatic hydroxyl groups is 1. The van der Waals surface area contributed by atoms with Crippen molar-refractivity contribution < 1.29 is 9.90 Å². The van der Waals surface area contributed by atoms with Crippen molar-refractivity contribution in [2.24, 2.45) is 11.3 Å². The van der Waals surface area contributed by atoms with Gasteiger partial charge in [-0.3, -0.25) is 4.79 Å². The van der Waals surface area contributed by atoms with E-state index >= 15 is 0 Å². The van der Waals surface area contributed by atoms with Crippen LogP contribution in [0, 0.1) is 23.2 Å². The van der Waals surface area contributed by atoms with Crippen LogP contribution in [-0.2, 0) is 11.3 Å². The summed E-state index contributed by atoms with van der Waals surface area (Å²) in [5.74, 6) is 5.95. The molecule has 106 valence electrons. The van der Waals surface area contributed by atoms with Crippen LogP contribution in [-0.4, -0.2) is 29.6 Å². The van der Waals surface area contributed by atoms with Gasteiger partial charge in [-0.1, -0.05) is 43.9 Å². The summed E-state index contributed by atoms with van der Waals surface area (Å²) in [6.45, 7) is 4.66. The Hall–Kier alpha value is -1.79. The number of nitrogens with zero attached hydrogens (tertiary/aromatic N) is 1. The zero-order valence-corrected chi connectivity index (χ0v) is 12.3. The van der Waals surface area contributed by atoms with Crippen molar-refractivity contribution in [3.8, 4) is 11.8 Å². The first kappa shape index (κ1) is 14.6. The third-order valence-electron chi connectivity index (χ3n) is 3.91. The molecule has 1 fully saturated rings. The molecule has 0 bridgehead atoms. The van der Waals surface area contributed by atoms with Crippen molar-refractivity contribution in [3.63, 3.8) is 0 Å². The van der Waals surface area contributed by atoms with E-state index in [4.69, 9.17) is 5.11 Å². The number of hydrogen-bond acceptors (Lipinski definition) is 2. The van der Waals surface area contributed by atoms with E-state index in [1.165, 1.54) is 0 Å². The second kappa shape index (κ2) is 5.68. The number of carbonyl (C=O) groups is 1. The Kier molecular flexibility index (Phi) is 4.15. The zero-order valence-electron chi connectivity index (χ0n) is 12.3. The monoisotopic (exact) mass is 271 g/mol. The van der Waals surface area contributed by atoms with Gasteiger partial charge in [-0.25, -0.2) is 0 Å². The van der Waals surface area contributed by atoms with Crippen molar-refractivity contribution in [2.75, 3.05) is 13.7 Å². The highest BCUT2D eigenvalue weighted by Gasteiger charge is 2.51. The highest BCUT2D eigenvalue weighted by molar-refractivity contribution is 5.82. The average molecular weight is 271 g/mol. The van der Waals surface area contributed by atoms with Crippen LogP contribution in [0.3, 0.4) is 0 Å². The molecule has 2 rings (SSSR count). The standard InChI is InChI=1S/C17H21NO2/c1-17(2)11-15(17)16(20)18(3)12-14-8-5-4-7-13(14)9-6-10-19/h4-5,7-8,15,19H,10-12H2,1-3H3. The summed E-state index contributed by atoms with van der Waals surface area (Å²) >= 11 is 0. The Morgan fingerprint density at radius 3 is 2.70 bits per heavy atom. The molecule has 0 heterocycles. The maximum atomic E-state index is 12.3. The number of carbonyl (C=O) groups excluding carboxylic acids is 1. The fraction of sp³-hybridized carbons (Fsp3) is 0.471. The molecule has 0 spiro atoms. The van der Waals surface area contributed by atoms with Gasteiger partial charge in [0.1, 0.15) is 6.61 Å². The van der Waals surface area contributed by atoms with Crippen molar-refractivity contribution in [3.05, 3.63) is 35.4 Å². The van der Waals surface area contributed by atoms with Crippen LogP contribution in [0.1, 0.15) is 31.4 Å². The number of hydrogen-bond donors (Lipinski definition) is 1. The van der Waals surface area contributed by atoms with Crippen molar-refractivity contribution in [1.82, 2.24) is 4.90 Å². The summed E-state index contributed by atoms with van der Waals surface area (Å²) in [5.41, 5.74) is 2.04. The molecule has 1 atom stereocenters. The maximum absolute atomic E-state index is 12.3. The molecule has 0 aromatic heterocycles. The van der Waals surface area contributed by atoms with E-state index in [2.05, 4.69) is 25.7 Å². The minimum absolute atomic E-state index is 0.153. The summed E-state index contributed by atoms with van der Waals surface area (Å²) in [6.07, 6.45) is 0.974. The SMILES string of the molecule is CN(Cc1ccccc1C#CCO)C(=O)C1CC1(C)C. The van der Waals surface area contributed by atoms with E-state index in [0.29, 0.717) is 6.54 Å². The second-order valence-corrected chi connectivity index (χ2v) is 6.06. The predicted octanol–water partition coefficient (Wildman–Crippen LogP) is 2.03. The Balaban J connectivity index is 2.08. The summed E-state index contributed by atoms with van der Waals surface area (Å²) in [6, 6.07) is 7.75. The van der Waals surface area contributed by atoms with Gasteiger partial charge in [0.2, 0.25) is 5.91 Å². The van der Waals surface area contributed by atoms with E-state index in [0.717, 1.165) is 17.5 Å². The van der Waals surface area contributed by atoms with E-state index in [-0.39, 0.29) is 23.8 Å². The Morgan fingerprint density at radius 2 is 2.10 bits per heavy atom. The Morgan fingerprint density at radius 1 is 1.45 bits per heavy atom. The lowest BCUT2D eigenvalue weighted by atomic mass is 10.1. The quantitative estimate of drug-likeness (QED) is 0.855. The molecule has 0 aliphatic heterocycles. The molecule has 1 amide bonds. The predicted molar refractivity (Wildman–Crippen MR) is 78.8 cm³/mol. The molecule has 20 heavy (non-hydrogen) atoms. The maximum Gasteiger partial charge on any atom is 0.226 e. The lowest BCUT2D eigenvalue weighted by Crippen LogP contribution is -2.29. The first-order chi connectivity index (χ1) is 9.45. The normalized spacial score (nSPS) is 18.9. The lowest BCUT2D eigenvalue weighted by molar-refractivity contribution is -0.132. The molecule has 3 heteroatoms. The van der Waals surface area contributed by atoms with E-state index in [9.17, 15) is 4.79 Å². The van der Waals surface area contributed by atoms with Gasteiger partial charge in [0, 0.05) is 25.1 Å².